The van der Waals surface area contributed by atoms with E-state index in [1.807, 2.05) is 17.8 Å². The molecule has 0 amide bonds. The van der Waals surface area contributed by atoms with Crippen LogP contribution in [0.2, 0.25) is 0 Å². The maximum absolute atomic E-state index is 13.6. The number of fused-ring (bicyclic) bond motifs is 6. The molecular formula is C32H35FN4O3S. The number of rotatable bonds is 5. The van der Waals surface area contributed by atoms with Crippen LogP contribution in [0, 0.1) is 34.4 Å². The third kappa shape index (κ3) is 3.99. The molecule has 2 heterocycles. The number of carbonyl (C=O) groups is 1. The van der Waals surface area contributed by atoms with Crippen molar-refractivity contribution in [3.63, 3.8) is 0 Å². The topological polar surface area (TPSA) is 101 Å². The molecule has 0 radical (unpaired) electrons. The molecule has 4 aliphatic carbocycles. The van der Waals surface area contributed by atoms with E-state index in [-0.39, 0.29) is 40.5 Å². The number of ketones is 1. The highest BCUT2D eigenvalue weighted by atomic mass is 32.2. The van der Waals surface area contributed by atoms with Crippen molar-refractivity contribution in [3.8, 4) is 5.69 Å². The van der Waals surface area contributed by atoms with Crippen LogP contribution in [0.25, 0.3) is 11.8 Å². The highest BCUT2D eigenvalue weighted by Gasteiger charge is 2.68. The van der Waals surface area contributed by atoms with Crippen LogP contribution in [0.4, 0.5) is 4.39 Å². The molecule has 2 N–H and O–H groups in total. The van der Waals surface area contributed by atoms with Crippen molar-refractivity contribution in [1.29, 1.82) is 0 Å². The molecule has 3 aromatic rings. The molecule has 0 saturated heterocycles. The highest BCUT2D eigenvalue weighted by molar-refractivity contribution is 7.99. The summed E-state index contributed by atoms with van der Waals surface area (Å²) < 4.78 is 15.4. The first-order chi connectivity index (χ1) is 19.6. The Morgan fingerprint density at radius 3 is 2.68 bits per heavy atom. The van der Waals surface area contributed by atoms with Gasteiger partial charge >= 0.3 is 0 Å². The van der Waals surface area contributed by atoms with Crippen molar-refractivity contribution in [3.05, 3.63) is 71.6 Å². The minimum atomic E-state index is -1.47. The van der Waals surface area contributed by atoms with Crippen molar-refractivity contribution in [2.24, 2.45) is 28.6 Å². The summed E-state index contributed by atoms with van der Waals surface area (Å²) in [6.07, 6.45) is 11.0. The van der Waals surface area contributed by atoms with Crippen LogP contribution in [0.15, 0.2) is 59.7 Å². The first kappa shape index (κ1) is 27.0. The largest absolute Gasteiger partial charge is 0.393 e. The first-order valence-corrected chi connectivity index (χ1v) is 15.5. The van der Waals surface area contributed by atoms with Gasteiger partial charge in [-0.3, -0.25) is 4.79 Å². The van der Waals surface area contributed by atoms with E-state index in [4.69, 9.17) is 0 Å². The smallest absolute Gasteiger partial charge is 0.187 e. The van der Waals surface area contributed by atoms with Crippen LogP contribution < -0.4 is 0 Å². The number of aliphatic hydroxyl groups excluding tert-OH is 1. The van der Waals surface area contributed by atoms with Crippen molar-refractivity contribution in [2.75, 3.05) is 5.75 Å². The summed E-state index contributed by atoms with van der Waals surface area (Å²) in [6.45, 7) is 4.31. The van der Waals surface area contributed by atoms with Gasteiger partial charge in [0.1, 0.15) is 11.4 Å². The second-order valence-corrected chi connectivity index (χ2v) is 13.8. The molecule has 3 saturated carbocycles. The van der Waals surface area contributed by atoms with Gasteiger partial charge in [-0.05, 0) is 104 Å². The molecule has 4 aliphatic rings. The van der Waals surface area contributed by atoms with Crippen molar-refractivity contribution in [2.45, 2.75) is 69.2 Å². The number of benzene rings is 1. The van der Waals surface area contributed by atoms with E-state index in [1.165, 1.54) is 29.5 Å². The van der Waals surface area contributed by atoms with Gasteiger partial charge in [0.2, 0.25) is 0 Å². The lowest BCUT2D eigenvalue weighted by Gasteiger charge is -2.60. The van der Waals surface area contributed by atoms with E-state index in [2.05, 4.69) is 28.1 Å². The van der Waals surface area contributed by atoms with Gasteiger partial charge in [0.15, 0.2) is 10.9 Å². The van der Waals surface area contributed by atoms with Gasteiger partial charge in [-0.25, -0.2) is 19.0 Å². The maximum Gasteiger partial charge on any atom is 0.187 e. The Morgan fingerprint density at radius 1 is 1.17 bits per heavy atom. The molecule has 3 fully saturated rings. The van der Waals surface area contributed by atoms with E-state index in [1.54, 1.807) is 30.6 Å². The zero-order valence-corrected chi connectivity index (χ0v) is 24.1. The average molecular weight is 575 g/mol. The molecule has 3 unspecified atom stereocenters. The first-order valence-electron chi connectivity index (χ1n) is 14.5. The van der Waals surface area contributed by atoms with Crippen LogP contribution in [0.5, 0.6) is 0 Å². The Morgan fingerprint density at radius 2 is 1.93 bits per heavy atom. The molecule has 41 heavy (non-hydrogen) atoms. The monoisotopic (exact) mass is 574 g/mol. The van der Waals surface area contributed by atoms with Gasteiger partial charge in [0.25, 0.3) is 0 Å². The van der Waals surface area contributed by atoms with Gasteiger partial charge in [0, 0.05) is 17.8 Å². The molecule has 0 aliphatic heterocycles. The summed E-state index contributed by atoms with van der Waals surface area (Å²) in [4.78, 5) is 22.0. The average Bonchev–Trinajstić information content (AvgIpc) is 3.48. The SMILES string of the molecule is C[C@]12Cc3cnn(-c4ccc(F)cc4)c3C=C1CCC1C2[C@@H](O)C[C@@]2(C)C1CC[C@]2(O)C(=O)CSc1ncccn1. The Kier molecular flexibility index (Phi) is 6.30. The number of allylic oxidation sites excluding steroid dienone is 1. The quantitative estimate of drug-likeness (QED) is 0.325. The van der Waals surface area contributed by atoms with Gasteiger partial charge in [-0.2, -0.15) is 5.10 Å². The lowest BCUT2D eigenvalue weighted by atomic mass is 9.45. The predicted molar refractivity (Wildman–Crippen MR) is 154 cm³/mol. The minimum absolute atomic E-state index is 0.0347. The fourth-order valence-corrected chi connectivity index (χ4v) is 9.81. The Balaban J connectivity index is 1.16. The summed E-state index contributed by atoms with van der Waals surface area (Å²) in [5.41, 5.74) is 1.90. The Labute approximate surface area is 243 Å². The van der Waals surface area contributed by atoms with Crippen LogP contribution in [0.1, 0.15) is 57.2 Å². The van der Waals surface area contributed by atoms with Gasteiger partial charge in [0.05, 0.1) is 29.4 Å². The summed E-state index contributed by atoms with van der Waals surface area (Å²) in [7, 11) is 0. The summed E-state index contributed by atoms with van der Waals surface area (Å²) in [5.74, 6) is 0.0485. The maximum atomic E-state index is 13.6. The van der Waals surface area contributed by atoms with E-state index in [0.717, 1.165) is 42.6 Å². The number of aromatic nitrogens is 4. The van der Waals surface area contributed by atoms with Gasteiger partial charge in [-0.15, -0.1) is 0 Å². The molecule has 2 aromatic heterocycles. The molecule has 7 atom stereocenters. The second-order valence-electron chi connectivity index (χ2n) is 12.9. The number of aliphatic hydroxyl groups is 2. The normalized spacial score (nSPS) is 35.6. The molecule has 7 nitrogen and oxygen atoms in total. The molecule has 7 rings (SSSR count). The summed E-state index contributed by atoms with van der Waals surface area (Å²) in [5, 5.41) is 29.0. The molecule has 1 aromatic carbocycles. The van der Waals surface area contributed by atoms with E-state index in [0.29, 0.717) is 18.0 Å². The number of halogens is 1. The van der Waals surface area contributed by atoms with Crippen molar-refractivity contribution in [1.82, 2.24) is 19.7 Å². The fraction of sp³-hybridized carbons (Fsp3) is 0.500. The van der Waals surface area contributed by atoms with E-state index in [9.17, 15) is 19.4 Å². The van der Waals surface area contributed by atoms with Gasteiger partial charge < -0.3 is 10.2 Å². The molecule has 214 valence electrons. The third-order valence-corrected chi connectivity index (χ3v) is 11.9. The molecule has 0 bridgehead atoms. The van der Waals surface area contributed by atoms with E-state index >= 15 is 0 Å². The van der Waals surface area contributed by atoms with Crippen LogP contribution >= 0.6 is 11.8 Å². The Hall–Kier alpha value is -2.88. The van der Waals surface area contributed by atoms with Crippen LogP contribution in [0.3, 0.4) is 0 Å². The summed E-state index contributed by atoms with van der Waals surface area (Å²) in [6, 6.07) is 8.12. The zero-order valence-electron chi connectivity index (χ0n) is 23.3. The molecule has 9 heteroatoms. The molecule has 0 spiro atoms. The van der Waals surface area contributed by atoms with Gasteiger partial charge in [-0.1, -0.05) is 31.2 Å². The zero-order chi connectivity index (χ0) is 28.6. The second kappa shape index (κ2) is 9.57. The number of nitrogens with zero attached hydrogens (tertiary/aromatic N) is 4. The lowest BCUT2D eigenvalue weighted by Crippen LogP contribution is -2.62. The standard InChI is InChI=1S/C32H35FN4O3S/c1-30-15-19-17-36-37(22-7-5-21(33)6-8-22)25(19)14-20(30)4-9-23-24-10-11-32(40,31(24,2)16-26(38)28(23)30)27(39)18-41-29-34-12-3-13-35-29/h3,5-8,12-14,17,23-24,26,28,38,40H,4,9-11,15-16,18H2,1-2H3/t23?,24?,26-,28?,30-,31-,32-/m0/s1. The van der Waals surface area contributed by atoms with Crippen molar-refractivity contribution >= 4 is 23.6 Å². The van der Waals surface area contributed by atoms with Crippen LogP contribution in [-0.2, 0) is 11.2 Å². The minimum Gasteiger partial charge on any atom is -0.393 e. The van der Waals surface area contributed by atoms with Crippen molar-refractivity contribution < 1.29 is 19.4 Å². The number of Topliss-reactive ketones (excluding diaryl/α,β-unsaturated/α-hetero) is 1. The van der Waals surface area contributed by atoms with Crippen LogP contribution in [-0.4, -0.2) is 53.2 Å². The lowest BCUT2D eigenvalue weighted by molar-refractivity contribution is -0.177. The fourth-order valence-electron chi connectivity index (χ4n) is 9.05. The van der Waals surface area contributed by atoms with E-state index < -0.39 is 17.1 Å². The molecular weight excluding hydrogens is 539 g/mol. The highest BCUT2D eigenvalue weighted by Crippen LogP contribution is 2.67. The Bertz CT molecular complexity index is 1530. The third-order valence-electron chi connectivity index (χ3n) is 11.0. The number of carbonyl (C=O) groups excluding carboxylic acids is 1. The number of hydrogen-bond acceptors (Lipinski definition) is 7. The predicted octanol–water partition coefficient (Wildman–Crippen LogP) is 5.05. The number of hydrogen-bond donors (Lipinski definition) is 2. The summed E-state index contributed by atoms with van der Waals surface area (Å²) >= 11 is 1.26. The number of thioether (sulfide) groups is 1.